The predicted octanol–water partition coefficient (Wildman–Crippen LogP) is 3.74. The van der Waals surface area contributed by atoms with Gasteiger partial charge in [0, 0.05) is 29.7 Å². The van der Waals surface area contributed by atoms with Gasteiger partial charge in [-0.1, -0.05) is 29.3 Å². The van der Waals surface area contributed by atoms with Gasteiger partial charge in [-0.05, 0) is 35.9 Å². The maximum Gasteiger partial charge on any atom is 0.247 e. The Morgan fingerprint density at radius 2 is 1.72 bits per heavy atom. The number of methoxy groups -OCH3 is 2. The number of phenols is 1. The van der Waals surface area contributed by atoms with Crippen LogP contribution in [-0.4, -0.2) is 32.0 Å². The smallest absolute Gasteiger partial charge is 0.247 e. The van der Waals surface area contributed by atoms with Gasteiger partial charge in [-0.2, -0.15) is 9.04 Å². The van der Waals surface area contributed by atoms with Crippen LogP contribution in [0.5, 0.6) is 17.2 Å². The van der Waals surface area contributed by atoms with Gasteiger partial charge in [0.2, 0.25) is 10.0 Å². The average Bonchev–Trinajstić information content (AvgIpc) is 2.75. The molecule has 170 valence electrons. The quantitative estimate of drug-likeness (QED) is 0.374. The number of phenolic OH excluding ortho intramolecular Hbond substituents is 1. The van der Waals surface area contributed by atoms with Gasteiger partial charge in [-0.15, -0.1) is 0 Å². The summed E-state index contributed by atoms with van der Waals surface area (Å²) < 4.78 is 39.3. The molecule has 3 rings (SSSR count). The van der Waals surface area contributed by atoms with Crippen molar-refractivity contribution >= 4 is 33.2 Å². The zero-order valence-electron chi connectivity index (χ0n) is 17.2. The molecule has 0 bridgehead atoms. The molecule has 2 aromatic carbocycles. The summed E-state index contributed by atoms with van der Waals surface area (Å²) in [7, 11) is -1.33. The Morgan fingerprint density at radius 3 is 2.38 bits per heavy atom. The highest BCUT2D eigenvalue weighted by Gasteiger charge is 2.30. The van der Waals surface area contributed by atoms with Gasteiger partial charge >= 0.3 is 0 Å². The second-order valence-corrected chi connectivity index (χ2v) is 9.52. The molecule has 3 aromatic rings. The lowest BCUT2D eigenvalue weighted by molar-refractivity contribution is -0.605. The molecule has 0 aliphatic heterocycles. The Labute approximate surface area is 195 Å². The number of aromatic hydroxyl groups is 1. The molecule has 0 amide bonds. The lowest BCUT2D eigenvalue weighted by atomic mass is 10.2. The highest BCUT2D eigenvalue weighted by molar-refractivity contribution is 7.89. The third-order valence-electron chi connectivity index (χ3n) is 4.61. The van der Waals surface area contributed by atoms with Crippen LogP contribution in [0.1, 0.15) is 11.1 Å². The van der Waals surface area contributed by atoms with E-state index in [9.17, 15) is 18.7 Å². The van der Waals surface area contributed by atoms with E-state index in [1.807, 2.05) is 0 Å². The molecule has 0 unspecified atom stereocenters. The second kappa shape index (κ2) is 9.83. The van der Waals surface area contributed by atoms with E-state index >= 15 is 0 Å². The van der Waals surface area contributed by atoms with E-state index in [0.29, 0.717) is 27.4 Å². The van der Waals surface area contributed by atoms with Crippen molar-refractivity contribution in [1.29, 1.82) is 0 Å². The second-order valence-electron chi connectivity index (χ2n) is 6.77. The Hall–Kier alpha value is -2.72. The van der Waals surface area contributed by atoms with Crippen molar-refractivity contribution in [2.45, 2.75) is 18.0 Å². The third kappa shape index (κ3) is 5.18. The van der Waals surface area contributed by atoms with Crippen molar-refractivity contribution < 1.29 is 27.7 Å². The molecule has 0 spiro atoms. The fourth-order valence-electron chi connectivity index (χ4n) is 3.08. The van der Waals surface area contributed by atoms with E-state index in [-0.39, 0.29) is 23.1 Å². The van der Waals surface area contributed by atoms with Crippen molar-refractivity contribution in [2.24, 2.45) is 0 Å². The summed E-state index contributed by atoms with van der Waals surface area (Å²) in [6, 6.07) is 10.5. The molecule has 0 fully saturated rings. The molecule has 0 saturated carbocycles. The van der Waals surface area contributed by atoms with Crippen molar-refractivity contribution in [3.05, 3.63) is 81.2 Å². The number of halogens is 2. The fraction of sp³-hybridized carbons (Fsp3) is 0.190. The van der Waals surface area contributed by atoms with Gasteiger partial charge in [-0.3, -0.25) is 0 Å². The summed E-state index contributed by atoms with van der Waals surface area (Å²) >= 11 is 11.9. The monoisotopic (exact) mass is 498 g/mol. The van der Waals surface area contributed by atoms with Crippen LogP contribution in [0.4, 0.5) is 0 Å². The Morgan fingerprint density at radius 1 is 1.03 bits per heavy atom. The highest BCUT2D eigenvalue weighted by atomic mass is 35.5. The van der Waals surface area contributed by atoms with Crippen LogP contribution < -0.4 is 14.2 Å². The van der Waals surface area contributed by atoms with Gasteiger partial charge in [0.25, 0.3) is 0 Å². The standard InChI is InChI=1S/C21H20Cl2N2O6S/c1-30-18-6-5-14(8-19(18)31-2)12-25(13-15-4-3-7-24(27)11-15)32(28,29)20-10-16(22)9-17(23)21(20)26/h3-11,26H,12-13H2,1-2H3. The maximum absolute atomic E-state index is 13.5. The molecule has 32 heavy (non-hydrogen) atoms. The van der Waals surface area contributed by atoms with Gasteiger partial charge in [0.05, 0.1) is 19.2 Å². The molecular formula is C21H20Cl2N2O6S. The minimum Gasteiger partial charge on any atom is -0.619 e. The topological polar surface area (TPSA) is 103 Å². The van der Waals surface area contributed by atoms with E-state index in [0.717, 1.165) is 10.4 Å². The van der Waals surface area contributed by atoms with Crippen LogP contribution in [0.2, 0.25) is 10.0 Å². The van der Waals surface area contributed by atoms with Crippen LogP contribution in [0.25, 0.3) is 0 Å². The van der Waals surface area contributed by atoms with Crippen molar-refractivity contribution in [3.63, 3.8) is 0 Å². The van der Waals surface area contributed by atoms with Gasteiger partial charge in [0.1, 0.15) is 4.90 Å². The summed E-state index contributed by atoms with van der Waals surface area (Å²) in [4.78, 5) is -0.443. The number of benzene rings is 2. The molecule has 1 N–H and O–H groups in total. The number of aromatic nitrogens is 1. The van der Waals surface area contributed by atoms with Gasteiger partial charge < -0.3 is 19.8 Å². The SMILES string of the molecule is COc1ccc(CN(Cc2ccc[n+]([O-])c2)S(=O)(=O)c2cc(Cl)cc(Cl)c2O)cc1OC. The molecule has 1 aromatic heterocycles. The van der Waals surface area contributed by atoms with E-state index in [1.54, 1.807) is 24.3 Å². The number of ether oxygens (including phenoxy) is 2. The van der Waals surface area contributed by atoms with E-state index < -0.39 is 20.7 Å². The largest absolute Gasteiger partial charge is 0.619 e. The Bertz CT molecular complexity index is 1240. The normalized spacial score (nSPS) is 11.5. The molecule has 0 aliphatic carbocycles. The summed E-state index contributed by atoms with van der Waals surface area (Å²) in [5, 5.41) is 21.9. The molecule has 0 aliphatic rings. The van der Waals surface area contributed by atoms with E-state index in [4.69, 9.17) is 32.7 Å². The molecule has 0 saturated heterocycles. The van der Waals surface area contributed by atoms with Crippen LogP contribution >= 0.6 is 23.2 Å². The molecule has 11 heteroatoms. The van der Waals surface area contributed by atoms with Gasteiger partial charge in [-0.25, -0.2) is 8.42 Å². The van der Waals surface area contributed by atoms with Crippen LogP contribution in [-0.2, 0) is 23.1 Å². The molecule has 0 radical (unpaired) electrons. The third-order valence-corrected chi connectivity index (χ3v) is 6.92. The average molecular weight is 499 g/mol. The fourth-order valence-corrected chi connectivity index (χ4v) is 5.25. The van der Waals surface area contributed by atoms with E-state index in [1.165, 1.54) is 38.7 Å². The lowest BCUT2D eigenvalue weighted by Crippen LogP contribution is -2.32. The van der Waals surface area contributed by atoms with E-state index in [2.05, 4.69) is 0 Å². The lowest BCUT2D eigenvalue weighted by Gasteiger charge is -2.23. The van der Waals surface area contributed by atoms with Crippen molar-refractivity contribution in [3.8, 4) is 17.2 Å². The van der Waals surface area contributed by atoms with Crippen LogP contribution in [0, 0.1) is 5.21 Å². The van der Waals surface area contributed by atoms with Crippen LogP contribution in [0.3, 0.4) is 0 Å². The van der Waals surface area contributed by atoms with Crippen molar-refractivity contribution in [2.75, 3.05) is 14.2 Å². The zero-order valence-corrected chi connectivity index (χ0v) is 19.5. The molecular weight excluding hydrogens is 479 g/mol. The first-order valence-electron chi connectivity index (χ1n) is 9.22. The summed E-state index contributed by atoms with van der Waals surface area (Å²) in [6.45, 7) is -0.247. The van der Waals surface area contributed by atoms with Gasteiger partial charge in [0.15, 0.2) is 29.6 Å². The summed E-state index contributed by atoms with van der Waals surface area (Å²) in [5.74, 6) is 0.300. The number of hydrogen-bond donors (Lipinski definition) is 1. The maximum atomic E-state index is 13.5. The zero-order chi connectivity index (χ0) is 23.5. The Balaban J connectivity index is 2.08. The number of nitrogens with zero attached hydrogens (tertiary/aromatic N) is 2. The number of rotatable bonds is 8. The number of hydrogen-bond acceptors (Lipinski definition) is 6. The first kappa shape index (κ1) is 23.9. The highest BCUT2D eigenvalue weighted by Crippen LogP contribution is 2.37. The van der Waals surface area contributed by atoms with Crippen LogP contribution in [0.15, 0.2) is 59.8 Å². The molecule has 8 nitrogen and oxygen atoms in total. The minimum atomic E-state index is -4.29. The minimum absolute atomic E-state index is 0.0505. The predicted molar refractivity (Wildman–Crippen MR) is 120 cm³/mol. The number of pyridine rings is 1. The summed E-state index contributed by atoms with van der Waals surface area (Å²) in [5.41, 5.74) is 1.03. The summed E-state index contributed by atoms with van der Waals surface area (Å²) in [6.07, 6.45) is 2.56. The Kier molecular flexibility index (Phi) is 7.35. The first-order chi connectivity index (χ1) is 15.1. The molecule has 1 heterocycles. The van der Waals surface area contributed by atoms with Crippen molar-refractivity contribution in [1.82, 2.24) is 4.31 Å². The molecule has 0 atom stereocenters. The first-order valence-corrected chi connectivity index (χ1v) is 11.4. The number of sulfonamides is 1.